The summed E-state index contributed by atoms with van der Waals surface area (Å²) in [6.07, 6.45) is -4.62. The number of ether oxygens (including phenoxy) is 2. The molecular formula is C12H12F3N3O2S. The van der Waals surface area contributed by atoms with Gasteiger partial charge in [0.25, 0.3) is 0 Å². The molecule has 1 heterocycles. The Hall–Kier alpha value is -2.03. The fourth-order valence-corrected chi connectivity index (χ4v) is 2.11. The molecule has 0 aliphatic rings. The highest BCUT2D eigenvalue weighted by Crippen LogP contribution is 2.36. The highest BCUT2D eigenvalue weighted by atomic mass is 32.1. The van der Waals surface area contributed by atoms with Crippen molar-refractivity contribution in [1.29, 1.82) is 0 Å². The van der Waals surface area contributed by atoms with Crippen molar-refractivity contribution in [2.45, 2.75) is 12.7 Å². The molecule has 0 saturated carbocycles. The Balaban J connectivity index is 2.77. The van der Waals surface area contributed by atoms with Crippen LogP contribution in [0.3, 0.4) is 0 Å². The Morgan fingerprint density at radius 2 is 1.86 bits per heavy atom. The highest BCUT2D eigenvalue weighted by Gasteiger charge is 2.38. The lowest BCUT2D eigenvalue weighted by atomic mass is 10.2. The monoisotopic (exact) mass is 319 g/mol. The Kier molecular flexibility index (Phi) is 3.95. The summed E-state index contributed by atoms with van der Waals surface area (Å²) in [6, 6.07) is 2.79. The van der Waals surface area contributed by atoms with Crippen molar-refractivity contribution < 1.29 is 22.6 Å². The minimum absolute atomic E-state index is 0.0745. The van der Waals surface area contributed by atoms with Crippen LogP contribution in [-0.2, 0) is 12.7 Å². The molecule has 1 aromatic carbocycles. The van der Waals surface area contributed by atoms with Crippen molar-refractivity contribution in [3.05, 3.63) is 18.0 Å². The van der Waals surface area contributed by atoms with Crippen LogP contribution in [0.5, 0.6) is 11.5 Å². The lowest BCUT2D eigenvalue weighted by Gasteiger charge is -2.11. The van der Waals surface area contributed by atoms with E-state index in [0.717, 1.165) is 4.57 Å². The predicted octanol–water partition coefficient (Wildman–Crippen LogP) is 2.36. The van der Waals surface area contributed by atoms with Crippen molar-refractivity contribution in [2.24, 2.45) is 5.73 Å². The van der Waals surface area contributed by atoms with Crippen molar-refractivity contribution in [3.8, 4) is 11.5 Å². The van der Waals surface area contributed by atoms with Gasteiger partial charge in [0, 0.05) is 12.1 Å². The number of nitrogens with zero attached hydrogens (tertiary/aromatic N) is 2. The van der Waals surface area contributed by atoms with E-state index in [0.29, 0.717) is 11.5 Å². The van der Waals surface area contributed by atoms with Crippen molar-refractivity contribution in [3.63, 3.8) is 0 Å². The predicted molar refractivity (Wildman–Crippen MR) is 74.6 cm³/mol. The molecule has 0 radical (unpaired) electrons. The van der Waals surface area contributed by atoms with Crippen LogP contribution >= 0.6 is 12.2 Å². The number of aromatic nitrogens is 2. The Morgan fingerprint density at radius 1 is 1.29 bits per heavy atom. The third-order valence-electron chi connectivity index (χ3n) is 2.82. The summed E-state index contributed by atoms with van der Waals surface area (Å²) >= 11 is 4.70. The minimum atomic E-state index is -4.62. The number of hydrogen-bond donors (Lipinski definition) is 1. The number of hydrogen-bond acceptors (Lipinski definition) is 4. The maximum atomic E-state index is 13.1. The molecule has 0 aliphatic carbocycles. The van der Waals surface area contributed by atoms with Gasteiger partial charge in [-0.05, 0) is 0 Å². The van der Waals surface area contributed by atoms with Gasteiger partial charge < -0.3 is 19.8 Å². The van der Waals surface area contributed by atoms with Crippen LogP contribution in [0.15, 0.2) is 12.1 Å². The molecule has 9 heteroatoms. The molecular weight excluding hydrogens is 307 g/mol. The second-order valence-corrected chi connectivity index (χ2v) is 4.71. The number of benzene rings is 1. The van der Waals surface area contributed by atoms with E-state index in [2.05, 4.69) is 4.98 Å². The third-order valence-corrected chi connectivity index (χ3v) is 2.95. The van der Waals surface area contributed by atoms with Crippen molar-refractivity contribution in [2.75, 3.05) is 14.2 Å². The molecule has 0 amide bonds. The quantitative estimate of drug-likeness (QED) is 0.877. The van der Waals surface area contributed by atoms with Crippen LogP contribution in [-0.4, -0.2) is 28.8 Å². The topological polar surface area (TPSA) is 62.3 Å². The van der Waals surface area contributed by atoms with Gasteiger partial charge >= 0.3 is 6.18 Å². The first-order valence-corrected chi connectivity index (χ1v) is 6.16. The van der Waals surface area contributed by atoms with Gasteiger partial charge in [-0.3, -0.25) is 0 Å². The van der Waals surface area contributed by atoms with E-state index in [4.69, 9.17) is 27.4 Å². The SMILES string of the molecule is COc1cc2nc(C(F)(F)F)n(CC(N)=S)c2cc1OC. The lowest BCUT2D eigenvalue weighted by Crippen LogP contribution is -2.22. The van der Waals surface area contributed by atoms with Gasteiger partial charge in [-0.2, -0.15) is 13.2 Å². The van der Waals surface area contributed by atoms with E-state index in [1.165, 1.54) is 26.4 Å². The number of methoxy groups -OCH3 is 2. The number of alkyl halides is 3. The summed E-state index contributed by atoms with van der Waals surface area (Å²) < 4.78 is 50.3. The smallest absolute Gasteiger partial charge is 0.449 e. The maximum Gasteiger partial charge on any atom is 0.449 e. The Bertz CT molecular complexity index is 697. The summed E-state index contributed by atoms with van der Waals surface area (Å²) in [5, 5.41) is 0. The molecule has 21 heavy (non-hydrogen) atoms. The number of nitrogens with two attached hydrogens (primary N) is 1. The zero-order valence-electron chi connectivity index (χ0n) is 11.2. The van der Waals surface area contributed by atoms with Crippen LogP contribution in [0.4, 0.5) is 13.2 Å². The van der Waals surface area contributed by atoms with Gasteiger partial charge in [-0.25, -0.2) is 4.98 Å². The largest absolute Gasteiger partial charge is 0.493 e. The summed E-state index contributed by atoms with van der Waals surface area (Å²) in [5.74, 6) is -0.484. The molecule has 0 spiro atoms. The van der Waals surface area contributed by atoms with Crippen LogP contribution in [0.1, 0.15) is 5.82 Å². The fourth-order valence-electron chi connectivity index (χ4n) is 1.98. The molecule has 2 N–H and O–H groups in total. The standard InChI is InChI=1S/C12H12F3N3O2S/c1-19-8-3-6-7(4-9(8)20-2)18(5-10(16)21)11(17-6)12(13,14)15/h3-4H,5H2,1-2H3,(H2,16,21). The number of thiocarbonyl (C=S) groups is 1. The molecule has 0 saturated heterocycles. The molecule has 0 fully saturated rings. The van der Waals surface area contributed by atoms with Crippen LogP contribution < -0.4 is 15.2 Å². The zero-order chi connectivity index (χ0) is 15.8. The summed E-state index contributed by atoms with van der Waals surface area (Å²) in [4.78, 5) is 3.53. The van der Waals surface area contributed by atoms with Crippen LogP contribution in [0.25, 0.3) is 11.0 Å². The molecule has 2 aromatic rings. The van der Waals surface area contributed by atoms with E-state index in [9.17, 15) is 13.2 Å². The number of imidazole rings is 1. The third kappa shape index (κ3) is 2.87. The molecule has 5 nitrogen and oxygen atoms in total. The second kappa shape index (κ2) is 5.40. The van der Waals surface area contributed by atoms with Gasteiger partial charge in [-0.1, -0.05) is 12.2 Å². The number of halogens is 3. The van der Waals surface area contributed by atoms with E-state index in [-0.39, 0.29) is 22.6 Å². The first-order chi connectivity index (χ1) is 9.77. The van der Waals surface area contributed by atoms with E-state index >= 15 is 0 Å². The van der Waals surface area contributed by atoms with E-state index in [1.54, 1.807) is 0 Å². The first kappa shape index (κ1) is 15.4. The molecule has 0 bridgehead atoms. The molecule has 1 aromatic heterocycles. The molecule has 0 aliphatic heterocycles. The fraction of sp³-hybridized carbons (Fsp3) is 0.333. The van der Waals surface area contributed by atoms with Crippen molar-refractivity contribution in [1.82, 2.24) is 9.55 Å². The van der Waals surface area contributed by atoms with Gasteiger partial charge in [-0.15, -0.1) is 0 Å². The van der Waals surface area contributed by atoms with Crippen LogP contribution in [0.2, 0.25) is 0 Å². The minimum Gasteiger partial charge on any atom is -0.493 e. The summed E-state index contributed by atoms with van der Waals surface area (Å²) in [6.45, 7) is -0.268. The summed E-state index contributed by atoms with van der Waals surface area (Å²) in [5.41, 5.74) is 5.71. The maximum absolute atomic E-state index is 13.1. The lowest BCUT2D eigenvalue weighted by molar-refractivity contribution is -0.146. The average molecular weight is 319 g/mol. The Morgan fingerprint density at radius 3 is 2.33 bits per heavy atom. The average Bonchev–Trinajstić information content (AvgIpc) is 2.74. The number of fused-ring (bicyclic) bond motifs is 1. The van der Waals surface area contributed by atoms with Gasteiger partial charge in [0.1, 0.15) is 0 Å². The summed E-state index contributed by atoms with van der Waals surface area (Å²) in [7, 11) is 2.78. The Labute approximate surface area is 123 Å². The highest BCUT2D eigenvalue weighted by molar-refractivity contribution is 7.80. The van der Waals surface area contributed by atoms with E-state index in [1.807, 2.05) is 0 Å². The van der Waals surface area contributed by atoms with E-state index < -0.39 is 12.0 Å². The van der Waals surface area contributed by atoms with Gasteiger partial charge in [0.2, 0.25) is 5.82 Å². The molecule has 0 unspecified atom stereocenters. The molecule has 114 valence electrons. The van der Waals surface area contributed by atoms with Crippen molar-refractivity contribution >= 4 is 28.2 Å². The molecule has 0 atom stereocenters. The van der Waals surface area contributed by atoms with Crippen LogP contribution in [0, 0.1) is 0 Å². The second-order valence-electron chi connectivity index (χ2n) is 4.18. The number of rotatable bonds is 4. The van der Waals surface area contributed by atoms with Gasteiger partial charge in [0.15, 0.2) is 11.5 Å². The first-order valence-electron chi connectivity index (χ1n) is 5.75. The molecule has 2 rings (SSSR count). The normalized spacial score (nSPS) is 11.7. The zero-order valence-corrected chi connectivity index (χ0v) is 12.0. The van der Waals surface area contributed by atoms with Gasteiger partial charge in [0.05, 0.1) is 36.8 Å².